The Balaban J connectivity index is 2.08. The van der Waals surface area contributed by atoms with Gasteiger partial charge in [-0.05, 0) is 74.1 Å². The van der Waals surface area contributed by atoms with Crippen LogP contribution in [0.4, 0.5) is 4.39 Å². The maximum Gasteiger partial charge on any atom is 0.123 e. The average Bonchev–Trinajstić information content (AvgIpc) is 2.77. The number of allylic oxidation sites excluding steroid dienone is 2. The van der Waals surface area contributed by atoms with E-state index in [-0.39, 0.29) is 5.82 Å². The Bertz CT molecular complexity index is 1040. The van der Waals surface area contributed by atoms with E-state index in [9.17, 15) is 4.39 Å². The summed E-state index contributed by atoms with van der Waals surface area (Å²) < 4.78 is 13.5. The Kier molecular flexibility index (Phi) is 7.39. The van der Waals surface area contributed by atoms with Gasteiger partial charge >= 0.3 is 0 Å². The third-order valence-corrected chi connectivity index (χ3v) is 5.04. The maximum atomic E-state index is 13.5. The molecule has 0 aliphatic carbocycles. The number of halogens is 1. The van der Waals surface area contributed by atoms with Crippen molar-refractivity contribution in [2.75, 3.05) is 0 Å². The minimum absolute atomic E-state index is 0.299. The number of unbranched alkanes of at least 4 members (excludes halogenated alkanes) is 2. The molecule has 0 aliphatic rings. The molecule has 0 saturated heterocycles. The first-order valence-corrected chi connectivity index (χ1v) is 10.1. The third kappa shape index (κ3) is 5.15. The first-order valence-electron chi connectivity index (χ1n) is 10.1. The quantitative estimate of drug-likeness (QED) is 0.256. The van der Waals surface area contributed by atoms with Gasteiger partial charge in [0, 0.05) is 46.7 Å². The van der Waals surface area contributed by atoms with Gasteiger partial charge in [0.2, 0.25) is 0 Å². The second-order valence-electron chi connectivity index (χ2n) is 7.15. The fraction of sp³-hybridized carbons (Fsp3) is 0.192. The lowest BCUT2D eigenvalue weighted by Crippen LogP contribution is -2.02. The summed E-state index contributed by atoms with van der Waals surface area (Å²) in [7, 11) is 0. The van der Waals surface area contributed by atoms with Gasteiger partial charge in [-0.1, -0.05) is 24.3 Å². The van der Waals surface area contributed by atoms with Crippen molar-refractivity contribution < 1.29 is 4.39 Å². The van der Waals surface area contributed by atoms with Crippen molar-refractivity contribution in [1.29, 1.82) is 5.41 Å². The summed E-state index contributed by atoms with van der Waals surface area (Å²) in [5.41, 5.74) is 6.26. The normalized spacial score (nSPS) is 11.7. The predicted molar refractivity (Wildman–Crippen MR) is 122 cm³/mol. The molecule has 0 unspecified atom stereocenters. The van der Waals surface area contributed by atoms with Gasteiger partial charge < -0.3 is 5.41 Å². The van der Waals surface area contributed by atoms with E-state index in [1.165, 1.54) is 18.3 Å². The van der Waals surface area contributed by atoms with Gasteiger partial charge in [-0.15, -0.1) is 6.58 Å². The third-order valence-electron chi connectivity index (χ3n) is 5.04. The summed E-state index contributed by atoms with van der Waals surface area (Å²) >= 11 is 0. The SMILES string of the molecule is C=CCCCCc1ccc(/C(=C(\C=N)c2ccc(F)cc2)c2ccncc2)c(C)n1. The Morgan fingerprint density at radius 2 is 1.73 bits per heavy atom. The zero-order chi connectivity index (χ0) is 21.3. The number of aromatic nitrogens is 2. The van der Waals surface area contributed by atoms with Crippen LogP contribution in [0.25, 0.3) is 11.1 Å². The summed E-state index contributed by atoms with van der Waals surface area (Å²) in [5.74, 6) is -0.299. The molecule has 152 valence electrons. The van der Waals surface area contributed by atoms with Crippen LogP contribution in [0.5, 0.6) is 0 Å². The van der Waals surface area contributed by atoms with Crippen LogP contribution >= 0.6 is 0 Å². The number of pyridine rings is 2. The van der Waals surface area contributed by atoms with Crippen molar-refractivity contribution in [1.82, 2.24) is 9.97 Å². The molecule has 30 heavy (non-hydrogen) atoms. The van der Waals surface area contributed by atoms with Gasteiger partial charge in [0.15, 0.2) is 0 Å². The highest BCUT2D eigenvalue weighted by molar-refractivity contribution is 6.21. The molecular formula is C26H26FN3. The van der Waals surface area contributed by atoms with Crippen LogP contribution in [0.1, 0.15) is 47.3 Å². The summed E-state index contributed by atoms with van der Waals surface area (Å²) in [6, 6.07) is 14.2. The van der Waals surface area contributed by atoms with Crippen LogP contribution in [-0.2, 0) is 6.42 Å². The molecule has 3 aromatic rings. The zero-order valence-corrected chi connectivity index (χ0v) is 17.2. The Morgan fingerprint density at radius 3 is 2.37 bits per heavy atom. The van der Waals surface area contributed by atoms with E-state index in [1.807, 2.05) is 25.1 Å². The summed E-state index contributed by atoms with van der Waals surface area (Å²) in [6.45, 7) is 5.77. The number of nitrogens with one attached hydrogen (secondary N) is 1. The van der Waals surface area contributed by atoms with Crippen LogP contribution in [0.2, 0.25) is 0 Å². The Hall–Kier alpha value is -3.40. The molecule has 0 spiro atoms. The molecule has 1 aromatic carbocycles. The molecule has 2 aromatic heterocycles. The fourth-order valence-electron chi connectivity index (χ4n) is 3.52. The van der Waals surface area contributed by atoms with Crippen molar-refractivity contribution in [2.45, 2.75) is 32.6 Å². The molecule has 3 nitrogen and oxygen atoms in total. The second kappa shape index (κ2) is 10.4. The van der Waals surface area contributed by atoms with Gasteiger partial charge in [-0.2, -0.15) is 0 Å². The molecular weight excluding hydrogens is 373 g/mol. The molecule has 2 heterocycles. The average molecular weight is 400 g/mol. The monoisotopic (exact) mass is 399 g/mol. The summed E-state index contributed by atoms with van der Waals surface area (Å²) in [4.78, 5) is 8.96. The van der Waals surface area contributed by atoms with E-state index in [4.69, 9.17) is 10.4 Å². The number of nitrogens with zero attached hydrogens (tertiary/aromatic N) is 2. The van der Waals surface area contributed by atoms with E-state index >= 15 is 0 Å². The topological polar surface area (TPSA) is 49.6 Å². The van der Waals surface area contributed by atoms with Crippen LogP contribution in [-0.4, -0.2) is 16.2 Å². The molecule has 0 amide bonds. The first kappa shape index (κ1) is 21.3. The lowest BCUT2D eigenvalue weighted by Gasteiger charge is -2.16. The molecule has 0 fully saturated rings. The smallest absolute Gasteiger partial charge is 0.123 e. The predicted octanol–water partition coefficient (Wildman–Crippen LogP) is 6.43. The van der Waals surface area contributed by atoms with E-state index in [0.717, 1.165) is 59.3 Å². The van der Waals surface area contributed by atoms with E-state index < -0.39 is 0 Å². The number of hydrogen-bond acceptors (Lipinski definition) is 3. The molecule has 4 heteroatoms. The minimum Gasteiger partial charge on any atom is -0.308 e. The first-order chi connectivity index (χ1) is 14.6. The van der Waals surface area contributed by atoms with Crippen molar-refractivity contribution in [3.63, 3.8) is 0 Å². The van der Waals surface area contributed by atoms with Gasteiger partial charge in [0.05, 0.1) is 0 Å². The molecule has 0 aliphatic heterocycles. The standard InChI is InChI=1S/C26H26FN3/c1-3-4-5-6-7-23-12-13-24(19(2)30-23)26(21-14-16-29-17-15-21)25(18-28)20-8-10-22(27)11-9-20/h3,8-18,28H,1,4-7H2,2H3/b26-25+,28-18?. The van der Waals surface area contributed by atoms with Crippen molar-refractivity contribution in [3.05, 3.63) is 107 Å². The number of benzene rings is 1. The number of aryl methyl sites for hydroxylation is 2. The number of hydrogen-bond donors (Lipinski definition) is 1. The van der Waals surface area contributed by atoms with Crippen molar-refractivity contribution in [2.24, 2.45) is 0 Å². The highest BCUT2D eigenvalue weighted by Gasteiger charge is 2.16. The number of rotatable bonds is 9. The summed E-state index contributed by atoms with van der Waals surface area (Å²) in [5, 5.41) is 8.10. The highest BCUT2D eigenvalue weighted by Crippen LogP contribution is 2.32. The Labute approximate surface area is 177 Å². The fourth-order valence-corrected chi connectivity index (χ4v) is 3.52. The molecule has 0 saturated carbocycles. The molecule has 1 N–H and O–H groups in total. The lowest BCUT2D eigenvalue weighted by molar-refractivity contribution is 0.627. The Morgan fingerprint density at radius 1 is 1.00 bits per heavy atom. The lowest BCUT2D eigenvalue weighted by atomic mass is 9.89. The van der Waals surface area contributed by atoms with E-state index in [1.54, 1.807) is 24.5 Å². The zero-order valence-electron chi connectivity index (χ0n) is 17.2. The van der Waals surface area contributed by atoms with Crippen LogP contribution in [0.3, 0.4) is 0 Å². The van der Waals surface area contributed by atoms with Gasteiger partial charge in [-0.3, -0.25) is 9.97 Å². The molecule has 0 atom stereocenters. The van der Waals surface area contributed by atoms with Crippen LogP contribution < -0.4 is 0 Å². The van der Waals surface area contributed by atoms with E-state index in [0.29, 0.717) is 5.57 Å². The minimum atomic E-state index is -0.299. The van der Waals surface area contributed by atoms with Gasteiger partial charge in [-0.25, -0.2) is 4.39 Å². The summed E-state index contributed by atoms with van der Waals surface area (Å²) in [6.07, 6.45) is 10.9. The highest BCUT2D eigenvalue weighted by atomic mass is 19.1. The van der Waals surface area contributed by atoms with E-state index in [2.05, 4.69) is 23.7 Å². The maximum absolute atomic E-state index is 13.5. The molecule has 0 bridgehead atoms. The second-order valence-corrected chi connectivity index (χ2v) is 7.15. The largest absolute Gasteiger partial charge is 0.308 e. The molecule has 3 rings (SSSR count). The van der Waals surface area contributed by atoms with Crippen molar-refractivity contribution >= 4 is 17.4 Å². The molecule has 0 radical (unpaired) electrons. The van der Waals surface area contributed by atoms with Crippen LogP contribution in [0.15, 0.2) is 73.6 Å². The van der Waals surface area contributed by atoms with Gasteiger partial charge in [0.1, 0.15) is 5.82 Å². The van der Waals surface area contributed by atoms with Gasteiger partial charge in [0.25, 0.3) is 0 Å². The van der Waals surface area contributed by atoms with Crippen molar-refractivity contribution in [3.8, 4) is 0 Å². The van der Waals surface area contributed by atoms with Crippen LogP contribution in [0, 0.1) is 18.2 Å².